The van der Waals surface area contributed by atoms with Crippen LogP contribution in [0, 0.1) is 13.8 Å². The minimum atomic E-state index is -3.95. The fourth-order valence-corrected chi connectivity index (χ4v) is 3.84. The number of benzene rings is 2. The highest BCUT2D eigenvalue weighted by Gasteiger charge is 2.24. The van der Waals surface area contributed by atoms with Crippen LogP contribution in [0.5, 0.6) is 5.75 Å². The lowest BCUT2D eigenvalue weighted by Gasteiger charge is -2.15. The summed E-state index contributed by atoms with van der Waals surface area (Å²) in [5.74, 6) is -0.357. The second kappa shape index (κ2) is 6.92. The van der Waals surface area contributed by atoms with Gasteiger partial charge in [-0.1, -0.05) is 18.2 Å². The van der Waals surface area contributed by atoms with Crippen molar-refractivity contribution in [2.45, 2.75) is 18.7 Å². The number of ether oxygens (including phenoxy) is 2. The zero-order valence-corrected chi connectivity index (χ0v) is 14.7. The van der Waals surface area contributed by atoms with E-state index in [1.54, 1.807) is 26.0 Å². The molecule has 2 rings (SSSR count). The molecule has 2 aromatic rings. The molecule has 0 bridgehead atoms. The van der Waals surface area contributed by atoms with Gasteiger partial charge in [0.1, 0.15) is 10.6 Å². The summed E-state index contributed by atoms with van der Waals surface area (Å²) < 4.78 is 38.0. The first-order chi connectivity index (χ1) is 11.3. The van der Waals surface area contributed by atoms with Crippen molar-refractivity contribution >= 4 is 21.7 Å². The summed E-state index contributed by atoms with van der Waals surface area (Å²) in [7, 11) is -1.30. The highest BCUT2D eigenvalue weighted by Crippen LogP contribution is 2.31. The van der Waals surface area contributed by atoms with Crippen LogP contribution in [-0.4, -0.2) is 28.6 Å². The number of para-hydroxylation sites is 1. The van der Waals surface area contributed by atoms with Gasteiger partial charge in [-0.15, -0.1) is 0 Å². The van der Waals surface area contributed by atoms with Gasteiger partial charge in [0, 0.05) is 0 Å². The lowest BCUT2D eigenvalue weighted by molar-refractivity contribution is 0.0602. The van der Waals surface area contributed by atoms with Crippen molar-refractivity contribution in [1.29, 1.82) is 0 Å². The summed E-state index contributed by atoms with van der Waals surface area (Å²) >= 11 is 0. The molecule has 0 spiro atoms. The van der Waals surface area contributed by atoms with Crippen LogP contribution in [0.1, 0.15) is 21.5 Å². The summed E-state index contributed by atoms with van der Waals surface area (Å²) in [5.41, 5.74) is 1.77. The molecule has 0 fully saturated rings. The number of esters is 1. The van der Waals surface area contributed by atoms with Crippen LogP contribution in [-0.2, 0) is 14.8 Å². The first kappa shape index (κ1) is 17.8. The molecule has 0 amide bonds. The number of nitrogens with one attached hydrogen (secondary N) is 1. The molecule has 0 radical (unpaired) electrons. The highest BCUT2D eigenvalue weighted by atomic mass is 32.2. The Morgan fingerprint density at radius 3 is 2.38 bits per heavy atom. The summed E-state index contributed by atoms with van der Waals surface area (Å²) in [6.07, 6.45) is 0. The Kier molecular flexibility index (Phi) is 5.14. The summed E-state index contributed by atoms with van der Waals surface area (Å²) in [6.45, 7) is 3.57. The van der Waals surface area contributed by atoms with E-state index < -0.39 is 16.0 Å². The van der Waals surface area contributed by atoms with E-state index >= 15 is 0 Å². The molecule has 128 valence electrons. The van der Waals surface area contributed by atoms with Gasteiger partial charge < -0.3 is 9.47 Å². The number of carbonyl (C=O) groups is 1. The van der Waals surface area contributed by atoms with E-state index in [1.807, 2.05) is 6.07 Å². The van der Waals surface area contributed by atoms with Gasteiger partial charge in [-0.05, 0) is 43.2 Å². The molecule has 7 heteroatoms. The number of methoxy groups -OCH3 is 2. The van der Waals surface area contributed by atoms with E-state index in [1.165, 1.54) is 32.4 Å². The number of hydrogen-bond acceptors (Lipinski definition) is 5. The van der Waals surface area contributed by atoms with Crippen molar-refractivity contribution in [3.05, 3.63) is 53.1 Å². The fraction of sp³-hybridized carbons (Fsp3) is 0.235. The van der Waals surface area contributed by atoms with E-state index in [4.69, 9.17) is 4.74 Å². The zero-order valence-electron chi connectivity index (χ0n) is 13.9. The molecule has 1 N–H and O–H groups in total. The van der Waals surface area contributed by atoms with Crippen LogP contribution in [0.25, 0.3) is 0 Å². The average molecular weight is 349 g/mol. The van der Waals surface area contributed by atoms with Gasteiger partial charge in [0.05, 0.1) is 25.5 Å². The van der Waals surface area contributed by atoms with Crippen molar-refractivity contribution in [3.63, 3.8) is 0 Å². The van der Waals surface area contributed by atoms with Crippen molar-refractivity contribution in [2.24, 2.45) is 0 Å². The molecular formula is C17H19NO5S. The molecule has 0 aliphatic rings. The third-order valence-electron chi connectivity index (χ3n) is 3.46. The topological polar surface area (TPSA) is 81.7 Å². The normalized spacial score (nSPS) is 11.0. The molecule has 2 aromatic carbocycles. The smallest absolute Gasteiger partial charge is 0.339 e. The molecule has 0 saturated heterocycles. The summed E-state index contributed by atoms with van der Waals surface area (Å²) in [5, 5.41) is 0. The number of carbonyl (C=O) groups excluding carboxylic acids is 1. The van der Waals surface area contributed by atoms with Crippen molar-refractivity contribution < 1.29 is 22.7 Å². The van der Waals surface area contributed by atoms with E-state index in [0.717, 1.165) is 5.56 Å². The second-order valence-corrected chi connectivity index (χ2v) is 6.91. The van der Waals surface area contributed by atoms with Crippen LogP contribution >= 0.6 is 0 Å². The average Bonchev–Trinajstić information content (AvgIpc) is 2.53. The van der Waals surface area contributed by atoms with E-state index in [9.17, 15) is 13.2 Å². The first-order valence-corrected chi connectivity index (χ1v) is 8.64. The Labute approximate surface area is 141 Å². The third kappa shape index (κ3) is 3.51. The molecule has 0 aliphatic heterocycles. The maximum Gasteiger partial charge on any atom is 0.339 e. The van der Waals surface area contributed by atoms with Gasteiger partial charge in [-0.25, -0.2) is 13.2 Å². The number of sulfonamides is 1. The predicted octanol–water partition coefficient (Wildman–Crippen LogP) is 2.90. The minimum Gasteiger partial charge on any atom is -0.495 e. The Bertz CT molecular complexity index is 875. The van der Waals surface area contributed by atoms with Crippen LogP contribution in [0.2, 0.25) is 0 Å². The van der Waals surface area contributed by atoms with Gasteiger partial charge >= 0.3 is 5.97 Å². The first-order valence-electron chi connectivity index (χ1n) is 7.15. The maximum absolute atomic E-state index is 12.8. The van der Waals surface area contributed by atoms with Gasteiger partial charge in [-0.3, -0.25) is 4.72 Å². The maximum atomic E-state index is 12.8. The van der Waals surface area contributed by atoms with E-state index in [0.29, 0.717) is 5.56 Å². The molecule has 0 atom stereocenters. The molecular weight excluding hydrogens is 330 g/mol. The largest absolute Gasteiger partial charge is 0.495 e. The summed E-state index contributed by atoms with van der Waals surface area (Å²) in [4.78, 5) is 11.8. The number of hydrogen-bond donors (Lipinski definition) is 1. The van der Waals surface area contributed by atoms with Gasteiger partial charge in [0.2, 0.25) is 0 Å². The van der Waals surface area contributed by atoms with Gasteiger partial charge in [0.15, 0.2) is 0 Å². The van der Waals surface area contributed by atoms with E-state index in [-0.39, 0.29) is 21.9 Å². The van der Waals surface area contributed by atoms with Gasteiger partial charge in [-0.2, -0.15) is 0 Å². The zero-order chi connectivity index (χ0) is 17.9. The quantitative estimate of drug-likeness (QED) is 0.840. The molecule has 24 heavy (non-hydrogen) atoms. The Balaban J connectivity index is 2.53. The van der Waals surface area contributed by atoms with Crippen molar-refractivity contribution in [3.8, 4) is 5.75 Å². The predicted molar refractivity (Wildman–Crippen MR) is 91.1 cm³/mol. The molecule has 0 heterocycles. The van der Waals surface area contributed by atoms with Gasteiger partial charge in [0.25, 0.3) is 10.0 Å². The third-order valence-corrected chi connectivity index (χ3v) is 4.83. The Hall–Kier alpha value is -2.54. The lowest BCUT2D eigenvalue weighted by atomic mass is 10.1. The van der Waals surface area contributed by atoms with Crippen LogP contribution in [0.15, 0.2) is 41.3 Å². The minimum absolute atomic E-state index is 0.0159. The Morgan fingerprint density at radius 2 is 1.75 bits per heavy atom. The molecule has 0 aromatic heterocycles. The number of rotatable bonds is 5. The van der Waals surface area contributed by atoms with Crippen LogP contribution in [0.3, 0.4) is 0 Å². The Morgan fingerprint density at radius 1 is 1.08 bits per heavy atom. The molecule has 6 nitrogen and oxygen atoms in total. The van der Waals surface area contributed by atoms with Crippen LogP contribution in [0.4, 0.5) is 5.69 Å². The standard InChI is InChI=1S/C17H19NO5S/c1-11-9-12(2)16(22-3)15(10-11)24(20,21)18-14-8-6-5-7-13(14)17(19)23-4/h5-10,18H,1-4H3. The van der Waals surface area contributed by atoms with Crippen molar-refractivity contribution in [1.82, 2.24) is 0 Å². The van der Waals surface area contributed by atoms with Crippen molar-refractivity contribution in [2.75, 3.05) is 18.9 Å². The monoisotopic (exact) mass is 349 g/mol. The number of aryl methyl sites for hydroxylation is 2. The molecule has 0 saturated carbocycles. The summed E-state index contributed by atoms with van der Waals surface area (Å²) in [6, 6.07) is 9.60. The molecule has 0 unspecified atom stereocenters. The lowest BCUT2D eigenvalue weighted by Crippen LogP contribution is -2.17. The van der Waals surface area contributed by atoms with E-state index in [2.05, 4.69) is 9.46 Å². The highest BCUT2D eigenvalue weighted by molar-refractivity contribution is 7.92. The van der Waals surface area contributed by atoms with Crippen LogP contribution < -0.4 is 9.46 Å². The molecule has 0 aliphatic carbocycles. The number of anilines is 1. The SMILES string of the molecule is COC(=O)c1ccccc1NS(=O)(=O)c1cc(C)cc(C)c1OC. The second-order valence-electron chi connectivity index (χ2n) is 5.26. The fourth-order valence-electron chi connectivity index (χ4n) is 2.44.